The van der Waals surface area contributed by atoms with Crippen molar-refractivity contribution in [3.05, 3.63) is 66.0 Å². The number of nitrogens with zero attached hydrogens (tertiary/aromatic N) is 3. The smallest absolute Gasteiger partial charge is 0.246 e. The van der Waals surface area contributed by atoms with Gasteiger partial charge in [-0.15, -0.1) is 0 Å². The quantitative estimate of drug-likeness (QED) is 0.696. The van der Waals surface area contributed by atoms with Gasteiger partial charge in [0.05, 0.1) is 24.7 Å². The molecule has 1 amide bonds. The van der Waals surface area contributed by atoms with E-state index in [0.717, 1.165) is 60.9 Å². The molecule has 0 saturated carbocycles. The number of benzene rings is 2. The summed E-state index contributed by atoms with van der Waals surface area (Å²) in [6.07, 6.45) is 3.54. The lowest BCUT2D eigenvalue weighted by Crippen LogP contribution is -2.47. The lowest BCUT2D eigenvalue weighted by molar-refractivity contribution is -0.127. The molecule has 1 aliphatic heterocycles. The van der Waals surface area contributed by atoms with Crippen LogP contribution in [0, 0.1) is 0 Å². The molecule has 2 aromatic carbocycles. The second kappa shape index (κ2) is 8.27. The van der Waals surface area contributed by atoms with Gasteiger partial charge in [0.2, 0.25) is 5.91 Å². The molecule has 0 spiro atoms. The number of carbonyl (C=O) groups is 1. The van der Waals surface area contributed by atoms with Crippen LogP contribution in [-0.4, -0.2) is 59.0 Å². The molecular formula is C22H24N4O2. The van der Waals surface area contributed by atoms with E-state index in [2.05, 4.69) is 14.9 Å². The van der Waals surface area contributed by atoms with Crippen LogP contribution in [0.4, 0.5) is 0 Å². The zero-order valence-corrected chi connectivity index (χ0v) is 16.0. The molecule has 3 aromatic rings. The average Bonchev–Trinajstić information content (AvgIpc) is 3.14. The van der Waals surface area contributed by atoms with E-state index in [9.17, 15) is 4.79 Å². The summed E-state index contributed by atoms with van der Waals surface area (Å²) in [5.74, 6) is 1.82. The monoisotopic (exact) mass is 376 g/mol. The Kier molecular flexibility index (Phi) is 5.39. The molecule has 1 fully saturated rings. The minimum Gasteiger partial charge on any atom is -0.497 e. The van der Waals surface area contributed by atoms with Gasteiger partial charge in [-0.3, -0.25) is 9.69 Å². The lowest BCUT2D eigenvalue weighted by atomic mass is 10.2. The molecule has 0 bridgehead atoms. The number of nitrogens with one attached hydrogen (secondary N) is 1. The van der Waals surface area contributed by atoms with Gasteiger partial charge in [0.1, 0.15) is 11.6 Å². The van der Waals surface area contributed by atoms with Crippen LogP contribution in [0.15, 0.2) is 54.6 Å². The number of hydrogen-bond donors (Lipinski definition) is 1. The second-order valence-corrected chi connectivity index (χ2v) is 6.91. The Morgan fingerprint density at radius 1 is 1.14 bits per heavy atom. The number of carbonyl (C=O) groups excluding carboxylic acids is 1. The van der Waals surface area contributed by atoms with Crippen LogP contribution >= 0.6 is 0 Å². The number of aromatic amines is 1. The third-order valence-corrected chi connectivity index (χ3v) is 5.01. The van der Waals surface area contributed by atoms with Crippen molar-refractivity contribution in [3.63, 3.8) is 0 Å². The van der Waals surface area contributed by atoms with Gasteiger partial charge in [0, 0.05) is 38.3 Å². The van der Waals surface area contributed by atoms with Gasteiger partial charge in [-0.2, -0.15) is 0 Å². The normalized spacial score (nSPS) is 15.4. The van der Waals surface area contributed by atoms with Crippen molar-refractivity contribution in [2.45, 2.75) is 6.54 Å². The Labute approximate surface area is 164 Å². The number of imidazole rings is 1. The summed E-state index contributed by atoms with van der Waals surface area (Å²) >= 11 is 0. The molecule has 144 valence electrons. The minimum atomic E-state index is 0.0688. The lowest BCUT2D eigenvalue weighted by Gasteiger charge is -2.33. The number of rotatable bonds is 5. The van der Waals surface area contributed by atoms with E-state index in [-0.39, 0.29) is 5.91 Å². The molecular weight excluding hydrogens is 352 g/mol. The SMILES string of the molecule is COc1ccc2nc(CN3CCN(C(=O)/C=C\c4ccccc4)CC3)[nH]c2c1. The molecule has 0 unspecified atom stereocenters. The Morgan fingerprint density at radius 2 is 1.93 bits per heavy atom. The Balaban J connectivity index is 1.31. The number of piperazine rings is 1. The number of H-pyrrole nitrogens is 1. The fourth-order valence-corrected chi connectivity index (χ4v) is 3.42. The Morgan fingerprint density at radius 3 is 2.68 bits per heavy atom. The first-order chi connectivity index (χ1) is 13.7. The van der Waals surface area contributed by atoms with Crippen molar-refractivity contribution < 1.29 is 9.53 Å². The first-order valence-corrected chi connectivity index (χ1v) is 9.48. The van der Waals surface area contributed by atoms with E-state index in [0.29, 0.717) is 0 Å². The van der Waals surface area contributed by atoms with E-state index in [1.54, 1.807) is 13.2 Å². The van der Waals surface area contributed by atoms with E-state index >= 15 is 0 Å². The molecule has 0 aliphatic carbocycles. The van der Waals surface area contributed by atoms with Crippen molar-refractivity contribution in [2.24, 2.45) is 0 Å². The van der Waals surface area contributed by atoms with Crippen LogP contribution in [0.3, 0.4) is 0 Å². The molecule has 1 saturated heterocycles. The van der Waals surface area contributed by atoms with E-state index < -0.39 is 0 Å². The van der Waals surface area contributed by atoms with Gasteiger partial charge in [-0.25, -0.2) is 4.98 Å². The summed E-state index contributed by atoms with van der Waals surface area (Å²) < 4.78 is 5.26. The Bertz CT molecular complexity index is 973. The largest absolute Gasteiger partial charge is 0.497 e. The van der Waals surface area contributed by atoms with Crippen LogP contribution in [0.25, 0.3) is 17.1 Å². The van der Waals surface area contributed by atoms with Crippen LogP contribution in [0.5, 0.6) is 5.75 Å². The van der Waals surface area contributed by atoms with Gasteiger partial charge in [-0.1, -0.05) is 30.3 Å². The maximum absolute atomic E-state index is 12.4. The number of ether oxygens (including phenoxy) is 1. The number of fused-ring (bicyclic) bond motifs is 1. The van der Waals surface area contributed by atoms with Gasteiger partial charge in [0.15, 0.2) is 0 Å². The maximum atomic E-state index is 12.4. The zero-order valence-electron chi connectivity index (χ0n) is 16.0. The summed E-state index contributed by atoms with van der Waals surface area (Å²) in [5.41, 5.74) is 2.96. The van der Waals surface area contributed by atoms with E-state index in [4.69, 9.17) is 4.74 Å². The summed E-state index contributed by atoms with van der Waals surface area (Å²) in [7, 11) is 1.66. The highest BCUT2D eigenvalue weighted by Crippen LogP contribution is 2.19. The summed E-state index contributed by atoms with van der Waals surface area (Å²) in [4.78, 5) is 24.6. The highest BCUT2D eigenvalue weighted by molar-refractivity contribution is 5.91. The van der Waals surface area contributed by atoms with Crippen molar-refractivity contribution in [2.75, 3.05) is 33.3 Å². The summed E-state index contributed by atoms with van der Waals surface area (Å²) in [6, 6.07) is 15.7. The number of aromatic nitrogens is 2. The topological polar surface area (TPSA) is 61.5 Å². The van der Waals surface area contributed by atoms with Gasteiger partial charge in [-0.05, 0) is 23.8 Å². The van der Waals surface area contributed by atoms with Crippen LogP contribution in [0.1, 0.15) is 11.4 Å². The molecule has 1 aromatic heterocycles. The highest BCUT2D eigenvalue weighted by atomic mass is 16.5. The van der Waals surface area contributed by atoms with Gasteiger partial charge < -0.3 is 14.6 Å². The molecule has 1 aliphatic rings. The second-order valence-electron chi connectivity index (χ2n) is 6.91. The predicted octanol–water partition coefficient (Wildman–Crippen LogP) is 2.93. The van der Waals surface area contributed by atoms with Crippen molar-refractivity contribution in [3.8, 4) is 5.75 Å². The standard InChI is InChI=1S/C22H24N4O2/c1-28-18-8-9-19-20(15-18)24-21(23-19)16-25-11-13-26(14-12-25)22(27)10-7-17-5-3-2-4-6-17/h2-10,15H,11-14,16H2,1H3,(H,23,24)/b10-7-. The zero-order chi connectivity index (χ0) is 19.3. The molecule has 6 nitrogen and oxygen atoms in total. The maximum Gasteiger partial charge on any atom is 0.246 e. The molecule has 28 heavy (non-hydrogen) atoms. The van der Waals surface area contributed by atoms with Crippen molar-refractivity contribution in [1.82, 2.24) is 19.8 Å². The van der Waals surface area contributed by atoms with Crippen LogP contribution in [-0.2, 0) is 11.3 Å². The Hall–Kier alpha value is -3.12. The van der Waals surface area contributed by atoms with Crippen LogP contribution < -0.4 is 4.74 Å². The third-order valence-electron chi connectivity index (χ3n) is 5.01. The first-order valence-electron chi connectivity index (χ1n) is 9.48. The molecule has 0 atom stereocenters. The fourth-order valence-electron chi connectivity index (χ4n) is 3.42. The molecule has 0 radical (unpaired) electrons. The molecule has 1 N–H and O–H groups in total. The number of methoxy groups -OCH3 is 1. The summed E-state index contributed by atoms with van der Waals surface area (Å²) in [6.45, 7) is 3.88. The minimum absolute atomic E-state index is 0.0688. The highest BCUT2D eigenvalue weighted by Gasteiger charge is 2.20. The third kappa shape index (κ3) is 4.23. The van der Waals surface area contributed by atoms with Gasteiger partial charge in [0.25, 0.3) is 0 Å². The van der Waals surface area contributed by atoms with Crippen molar-refractivity contribution in [1.29, 1.82) is 0 Å². The number of hydrogen-bond acceptors (Lipinski definition) is 4. The molecule has 6 heteroatoms. The first kappa shape index (κ1) is 18.3. The van der Waals surface area contributed by atoms with E-state index in [1.165, 1.54) is 0 Å². The molecule has 4 rings (SSSR count). The van der Waals surface area contributed by atoms with Crippen LogP contribution in [0.2, 0.25) is 0 Å². The van der Waals surface area contributed by atoms with E-state index in [1.807, 2.05) is 59.5 Å². The average molecular weight is 376 g/mol. The van der Waals surface area contributed by atoms with Crippen molar-refractivity contribution >= 4 is 23.0 Å². The predicted molar refractivity (Wildman–Crippen MR) is 110 cm³/mol. The summed E-state index contributed by atoms with van der Waals surface area (Å²) in [5, 5.41) is 0. The fraction of sp³-hybridized carbons (Fsp3) is 0.273. The molecule has 2 heterocycles. The van der Waals surface area contributed by atoms with Gasteiger partial charge >= 0.3 is 0 Å². The number of amides is 1.